The summed E-state index contributed by atoms with van der Waals surface area (Å²) in [5.41, 5.74) is 0. The number of hydrogen-bond acceptors (Lipinski definition) is 4. The number of carboxylic acids is 3. The first-order chi connectivity index (χ1) is 16.8. The third-order valence-corrected chi connectivity index (χ3v) is 6.72. The molecule has 2 N–H and O–H groups in total. The third-order valence-electron chi connectivity index (χ3n) is 6.72. The van der Waals surface area contributed by atoms with Crippen molar-refractivity contribution in [1.29, 1.82) is 0 Å². The Bertz CT molecular complexity index is 540. The van der Waals surface area contributed by atoms with Gasteiger partial charge in [-0.15, -0.1) is 0 Å². The molecular weight excluding hydrogens is 446 g/mol. The first-order valence-electron chi connectivity index (χ1n) is 13.9. The maximum atomic E-state index is 11.0. The van der Waals surface area contributed by atoms with Crippen molar-refractivity contribution in [2.24, 2.45) is 0 Å². The molecule has 0 amide bonds. The lowest BCUT2D eigenvalue weighted by Crippen LogP contribution is -2.51. The van der Waals surface area contributed by atoms with Gasteiger partial charge < -0.3 is 24.6 Å². The Labute approximate surface area is 213 Å². The lowest BCUT2D eigenvalue weighted by molar-refractivity contribution is -0.928. The molecule has 7 nitrogen and oxygen atoms in total. The van der Waals surface area contributed by atoms with Crippen LogP contribution in [-0.2, 0) is 14.4 Å². The molecule has 0 aliphatic rings. The zero-order valence-electron chi connectivity index (χ0n) is 22.2. The van der Waals surface area contributed by atoms with Crippen LogP contribution in [0.1, 0.15) is 122 Å². The minimum Gasteiger partial charge on any atom is -0.550 e. The lowest BCUT2D eigenvalue weighted by atomic mass is 10.1. The van der Waals surface area contributed by atoms with Gasteiger partial charge in [-0.2, -0.15) is 0 Å². The van der Waals surface area contributed by atoms with Crippen molar-refractivity contribution in [3.63, 3.8) is 0 Å². The zero-order chi connectivity index (χ0) is 26.2. The Morgan fingerprint density at radius 1 is 0.600 bits per heavy atom. The first-order valence-corrected chi connectivity index (χ1v) is 13.9. The monoisotopic (exact) mass is 497 g/mol. The highest BCUT2D eigenvalue weighted by atomic mass is 16.4. The topological polar surface area (TPSA) is 115 Å². The predicted octanol–water partition coefficient (Wildman–Crippen LogP) is 5.32. The van der Waals surface area contributed by atoms with Crippen LogP contribution in [0.4, 0.5) is 0 Å². The average Bonchev–Trinajstić information content (AvgIpc) is 2.78. The molecule has 7 heteroatoms. The molecule has 35 heavy (non-hydrogen) atoms. The summed E-state index contributed by atoms with van der Waals surface area (Å²) in [4.78, 5) is 32.9. The molecular formula is C28H51NO6. The summed E-state index contributed by atoms with van der Waals surface area (Å²) < 4.78 is 0.566. The summed E-state index contributed by atoms with van der Waals surface area (Å²) in [7, 11) is 0. The van der Waals surface area contributed by atoms with Gasteiger partial charge in [-0.3, -0.25) is 9.59 Å². The fourth-order valence-electron chi connectivity index (χ4n) is 4.69. The molecule has 0 aromatic heterocycles. The van der Waals surface area contributed by atoms with Gasteiger partial charge in [-0.25, -0.2) is 0 Å². The molecule has 0 aromatic carbocycles. The average molecular weight is 498 g/mol. The highest BCUT2D eigenvalue weighted by Crippen LogP contribution is 2.17. The molecule has 0 saturated carbocycles. The van der Waals surface area contributed by atoms with Crippen molar-refractivity contribution < 1.29 is 34.2 Å². The normalized spacial score (nSPS) is 11.8. The minimum absolute atomic E-state index is 0.0353. The van der Waals surface area contributed by atoms with Gasteiger partial charge in [0.2, 0.25) is 0 Å². The van der Waals surface area contributed by atoms with Crippen molar-refractivity contribution in [2.45, 2.75) is 122 Å². The fourth-order valence-corrected chi connectivity index (χ4v) is 4.69. The number of nitrogens with zero attached hydrogens (tertiary/aromatic N) is 1. The Kier molecular flexibility index (Phi) is 21.3. The summed E-state index contributed by atoms with van der Waals surface area (Å²) >= 11 is 0. The van der Waals surface area contributed by atoms with Crippen LogP contribution in [0.3, 0.4) is 0 Å². The Hall–Kier alpha value is -1.89. The van der Waals surface area contributed by atoms with Crippen molar-refractivity contribution in [1.82, 2.24) is 0 Å². The summed E-state index contributed by atoms with van der Waals surface area (Å²) in [5, 5.41) is 29.0. The van der Waals surface area contributed by atoms with Gasteiger partial charge in [0.05, 0.1) is 39.0 Å². The molecule has 0 heterocycles. The van der Waals surface area contributed by atoms with E-state index in [1.54, 1.807) is 0 Å². The van der Waals surface area contributed by atoms with E-state index >= 15 is 0 Å². The van der Waals surface area contributed by atoms with Crippen molar-refractivity contribution >= 4 is 17.9 Å². The summed E-state index contributed by atoms with van der Waals surface area (Å²) in [5.74, 6) is -2.78. The van der Waals surface area contributed by atoms with E-state index in [9.17, 15) is 19.5 Å². The third kappa shape index (κ3) is 22.3. The smallest absolute Gasteiger partial charge is 0.303 e. The van der Waals surface area contributed by atoms with Gasteiger partial charge in [-0.1, -0.05) is 76.9 Å². The van der Waals surface area contributed by atoms with E-state index < -0.39 is 17.9 Å². The SMILES string of the molecule is CCCCCCCCCCCC/C=C/CC[N+](CCCC(=O)[O-])(CCCC(=O)O)CCCC(=O)O. The molecule has 0 aliphatic carbocycles. The van der Waals surface area contributed by atoms with Gasteiger partial charge >= 0.3 is 11.9 Å². The maximum Gasteiger partial charge on any atom is 0.303 e. The number of rotatable bonds is 26. The Balaban J connectivity index is 4.48. The molecule has 0 radical (unpaired) electrons. The molecule has 0 fully saturated rings. The van der Waals surface area contributed by atoms with Crippen LogP contribution in [0.25, 0.3) is 0 Å². The van der Waals surface area contributed by atoms with Gasteiger partial charge in [-0.05, 0) is 19.3 Å². The van der Waals surface area contributed by atoms with E-state index in [1.807, 2.05) is 0 Å². The van der Waals surface area contributed by atoms with E-state index in [-0.39, 0.29) is 19.3 Å². The summed E-state index contributed by atoms with van der Waals surface area (Å²) in [6.45, 7) is 4.84. The second-order valence-corrected chi connectivity index (χ2v) is 9.94. The number of quaternary nitrogens is 1. The van der Waals surface area contributed by atoms with E-state index in [1.165, 1.54) is 64.2 Å². The highest BCUT2D eigenvalue weighted by molar-refractivity contribution is 5.66. The largest absolute Gasteiger partial charge is 0.550 e. The zero-order valence-corrected chi connectivity index (χ0v) is 22.2. The molecule has 0 aromatic rings. The number of hydrogen-bond donors (Lipinski definition) is 2. The van der Waals surface area contributed by atoms with Gasteiger partial charge in [0.25, 0.3) is 0 Å². The fraction of sp³-hybridized carbons (Fsp3) is 0.821. The van der Waals surface area contributed by atoms with Crippen LogP contribution in [-0.4, -0.2) is 58.8 Å². The van der Waals surface area contributed by atoms with Crippen LogP contribution in [0.15, 0.2) is 12.2 Å². The number of carboxylic acid groups (broad SMARTS) is 3. The quantitative estimate of drug-likeness (QED) is 0.0949. The lowest BCUT2D eigenvalue weighted by Gasteiger charge is -2.39. The first kappa shape index (κ1) is 33.1. The van der Waals surface area contributed by atoms with E-state index in [0.29, 0.717) is 43.4 Å². The summed E-state index contributed by atoms with van der Waals surface area (Å²) in [6, 6.07) is 0. The standard InChI is InChI=1S/C28H51NO6/c1-2-3-4-5-6-7-8-9-10-11-12-13-14-15-22-29(23-16-19-26(30)31,24-17-20-27(32)33)25-18-21-28(34)35/h13-14H,2-12,15-25H2,1H3,(H2-,30,31,32,33,34,35)/b14-13+. The van der Waals surface area contributed by atoms with Crippen molar-refractivity contribution in [3.8, 4) is 0 Å². The summed E-state index contributed by atoms with van der Waals surface area (Å²) in [6.07, 6.45) is 21.0. The molecule has 0 atom stereocenters. The number of carbonyl (C=O) groups is 3. The molecule has 0 spiro atoms. The second-order valence-electron chi connectivity index (χ2n) is 9.94. The Morgan fingerprint density at radius 2 is 1.03 bits per heavy atom. The predicted molar refractivity (Wildman–Crippen MR) is 138 cm³/mol. The molecule has 0 unspecified atom stereocenters. The van der Waals surface area contributed by atoms with Crippen LogP contribution in [0.5, 0.6) is 0 Å². The minimum atomic E-state index is -1.09. The van der Waals surface area contributed by atoms with E-state index in [4.69, 9.17) is 10.2 Å². The van der Waals surface area contributed by atoms with Crippen molar-refractivity contribution in [3.05, 3.63) is 12.2 Å². The van der Waals surface area contributed by atoms with Gasteiger partial charge in [0.1, 0.15) is 0 Å². The highest BCUT2D eigenvalue weighted by Gasteiger charge is 2.26. The van der Waals surface area contributed by atoms with E-state index in [2.05, 4.69) is 19.1 Å². The molecule has 204 valence electrons. The second kappa shape index (κ2) is 22.6. The number of aliphatic carboxylic acids is 3. The number of allylic oxidation sites excluding steroid dienone is 1. The van der Waals surface area contributed by atoms with Crippen LogP contribution < -0.4 is 5.11 Å². The van der Waals surface area contributed by atoms with E-state index in [0.717, 1.165) is 19.4 Å². The maximum absolute atomic E-state index is 11.0. The molecule has 0 saturated heterocycles. The molecule has 0 aliphatic heterocycles. The van der Waals surface area contributed by atoms with Crippen LogP contribution in [0, 0.1) is 0 Å². The van der Waals surface area contributed by atoms with Crippen molar-refractivity contribution in [2.75, 3.05) is 26.2 Å². The number of unbranched alkanes of at least 4 members (excludes halogenated alkanes) is 10. The van der Waals surface area contributed by atoms with Crippen LogP contribution in [0.2, 0.25) is 0 Å². The molecule has 0 rings (SSSR count). The van der Waals surface area contributed by atoms with Gasteiger partial charge in [0.15, 0.2) is 0 Å². The number of carbonyl (C=O) groups excluding carboxylic acids is 1. The molecule has 0 bridgehead atoms. The van der Waals surface area contributed by atoms with Gasteiger partial charge in [0, 0.05) is 31.7 Å². The Morgan fingerprint density at radius 3 is 1.49 bits per heavy atom. The van der Waals surface area contributed by atoms with Crippen LogP contribution >= 0.6 is 0 Å².